The minimum atomic E-state index is 0. The highest BCUT2D eigenvalue weighted by atomic mass is 79.9. The van der Waals surface area contributed by atoms with Crippen molar-refractivity contribution in [1.29, 1.82) is 0 Å². The molecule has 0 spiro atoms. The minimum Gasteiger partial charge on any atom is -0.119 e. The fourth-order valence-corrected chi connectivity index (χ4v) is 0. The van der Waals surface area contributed by atoms with Crippen LogP contribution in [0.15, 0.2) is 0 Å². The van der Waals surface area contributed by atoms with Crippen LogP contribution in [0.25, 0.3) is 0 Å². The summed E-state index contributed by atoms with van der Waals surface area (Å²) in [6.07, 6.45) is 4.65. The Bertz CT molecular complexity index is 36.6. The molecule has 0 aromatic heterocycles. The molecule has 0 unspecified atom stereocenters. The second-order valence-electron chi connectivity index (χ2n) is 0.338. The molecule has 5 heavy (non-hydrogen) atoms. The van der Waals surface area contributed by atoms with Gasteiger partial charge in [-0.2, -0.15) is 0 Å². The van der Waals surface area contributed by atoms with Gasteiger partial charge in [-0.3, -0.25) is 0 Å². The Morgan fingerprint density at radius 3 is 2.00 bits per heavy atom. The van der Waals surface area contributed by atoms with Crippen LogP contribution >= 0.6 is 28.6 Å². The summed E-state index contributed by atoms with van der Waals surface area (Å²) >= 11 is 4.95. The van der Waals surface area contributed by atoms with E-state index in [-0.39, 0.29) is 17.0 Å². The summed E-state index contributed by atoms with van der Waals surface area (Å²) in [5.74, 6) is 2.52. The summed E-state index contributed by atoms with van der Waals surface area (Å²) in [4.78, 5) is 0. The van der Waals surface area contributed by atoms with E-state index in [0.29, 0.717) is 5.88 Å². The molecule has 0 heterocycles. The highest BCUT2D eigenvalue weighted by Gasteiger charge is 1.46. The maximum atomic E-state index is 4.95. The normalized spacial score (nSPS) is 4.00. The molecule has 0 saturated heterocycles. The van der Waals surface area contributed by atoms with Crippen molar-refractivity contribution >= 4 is 28.6 Å². The summed E-state index contributed by atoms with van der Waals surface area (Å²) in [6.45, 7) is 0. The molecule has 0 aliphatic carbocycles. The Labute approximate surface area is 47.3 Å². The molecule has 0 amide bonds. The number of hydrogen-bond donors (Lipinski definition) is 0. The molecule has 0 saturated carbocycles. The third-order valence-electron chi connectivity index (χ3n) is 0.0772. The molecule has 0 radical (unpaired) electrons. The second kappa shape index (κ2) is 8.84. The molecule has 0 nitrogen and oxygen atoms in total. The first kappa shape index (κ1) is 9.01. The van der Waals surface area contributed by atoms with Gasteiger partial charge in [-0.1, -0.05) is 5.92 Å². The Morgan fingerprint density at radius 2 is 2.00 bits per heavy atom. The van der Waals surface area contributed by atoms with Gasteiger partial charge in [0.2, 0.25) is 0 Å². The highest BCUT2D eigenvalue weighted by Crippen LogP contribution is 1.61. The van der Waals surface area contributed by atoms with Gasteiger partial charge in [-0.05, 0) is 0 Å². The molecule has 0 N–H and O–H groups in total. The molecule has 30 valence electrons. The van der Waals surface area contributed by atoms with E-state index < -0.39 is 0 Å². The van der Waals surface area contributed by atoms with E-state index in [1.807, 2.05) is 0 Å². The van der Waals surface area contributed by atoms with Crippen LogP contribution in [0, 0.1) is 12.3 Å². The Hall–Kier alpha value is 0.330. The minimum absolute atomic E-state index is 0. The zero-order valence-electron chi connectivity index (χ0n) is 2.57. The van der Waals surface area contributed by atoms with Crippen molar-refractivity contribution in [2.24, 2.45) is 0 Å². The van der Waals surface area contributed by atoms with E-state index in [1.54, 1.807) is 0 Å². The number of hydrogen-bond acceptors (Lipinski definition) is 0. The molecule has 0 atom stereocenters. The van der Waals surface area contributed by atoms with Crippen molar-refractivity contribution in [3.05, 3.63) is 0 Å². The van der Waals surface area contributed by atoms with E-state index in [9.17, 15) is 0 Å². The van der Waals surface area contributed by atoms with E-state index >= 15 is 0 Å². The van der Waals surface area contributed by atoms with Gasteiger partial charge in [-0.25, -0.2) is 0 Å². The number of alkyl halides is 1. The van der Waals surface area contributed by atoms with Gasteiger partial charge in [0.1, 0.15) is 0 Å². The maximum Gasteiger partial charge on any atom is 0.0832 e. The van der Waals surface area contributed by atoms with Gasteiger partial charge in [0, 0.05) is 0 Å². The Kier molecular flexibility index (Phi) is 15.9. The quantitative estimate of drug-likeness (QED) is 0.367. The average molecular weight is 155 g/mol. The summed E-state index contributed by atoms with van der Waals surface area (Å²) < 4.78 is 0. The maximum absolute atomic E-state index is 4.95. The van der Waals surface area contributed by atoms with Gasteiger partial charge in [0.25, 0.3) is 0 Å². The first-order chi connectivity index (χ1) is 1.91. The van der Waals surface area contributed by atoms with Gasteiger partial charge in [0.15, 0.2) is 0 Å². The highest BCUT2D eigenvalue weighted by molar-refractivity contribution is 8.93. The molecule has 0 fully saturated rings. The summed E-state index contributed by atoms with van der Waals surface area (Å²) in [5.41, 5.74) is 0. The Morgan fingerprint density at radius 1 is 1.80 bits per heavy atom. The predicted molar refractivity (Wildman–Crippen MR) is 29.9 cm³/mol. The SMILES string of the molecule is Br.C#CCCl. The zero-order valence-corrected chi connectivity index (χ0v) is 5.04. The van der Waals surface area contributed by atoms with Crippen molar-refractivity contribution in [2.45, 2.75) is 0 Å². The smallest absolute Gasteiger partial charge is 0.0832 e. The first-order valence-corrected chi connectivity index (χ1v) is 1.44. The number of rotatable bonds is 0. The van der Waals surface area contributed by atoms with Gasteiger partial charge >= 0.3 is 0 Å². The molecular weight excluding hydrogens is 151 g/mol. The third-order valence-corrected chi connectivity index (χ3v) is 0.231. The molecule has 0 aromatic rings. The van der Waals surface area contributed by atoms with Crippen LogP contribution < -0.4 is 0 Å². The lowest BCUT2D eigenvalue weighted by Gasteiger charge is -1.50. The molecule has 0 aliphatic heterocycles. The van der Waals surface area contributed by atoms with Crippen LogP contribution in [0.5, 0.6) is 0 Å². The van der Waals surface area contributed by atoms with Crippen LogP contribution in [0.3, 0.4) is 0 Å². The van der Waals surface area contributed by atoms with Crippen LogP contribution in [-0.2, 0) is 0 Å². The fraction of sp³-hybridized carbons (Fsp3) is 0.333. The van der Waals surface area contributed by atoms with Crippen molar-refractivity contribution in [2.75, 3.05) is 5.88 Å². The summed E-state index contributed by atoms with van der Waals surface area (Å²) in [6, 6.07) is 0. The second-order valence-corrected chi connectivity index (χ2v) is 0.605. The van der Waals surface area contributed by atoms with Crippen LogP contribution in [-0.4, -0.2) is 5.88 Å². The molecule has 0 bridgehead atoms. The number of halogens is 2. The van der Waals surface area contributed by atoms with Gasteiger partial charge in [0.05, 0.1) is 5.88 Å². The van der Waals surface area contributed by atoms with E-state index in [4.69, 9.17) is 11.6 Å². The molecule has 0 aliphatic rings. The molecule has 2 heteroatoms. The zero-order chi connectivity index (χ0) is 3.41. The third kappa shape index (κ3) is 13.3. The first-order valence-electron chi connectivity index (χ1n) is 0.909. The van der Waals surface area contributed by atoms with Crippen molar-refractivity contribution in [3.63, 3.8) is 0 Å². The van der Waals surface area contributed by atoms with Crippen molar-refractivity contribution < 1.29 is 0 Å². The van der Waals surface area contributed by atoms with E-state index in [0.717, 1.165) is 0 Å². The van der Waals surface area contributed by atoms with Gasteiger partial charge < -0.3 is 0 Å². The fourth-order valence-electron chi connectivity index (χ4n) is 0. The van der Waals surface area contributed by atoms with Crippen LogP contribution in [0.1, 0.15) is 0 Å². The lowest BCUT2D eigenvalue weighted by atomic mass is 10.8. The Balaban J connectivity index is 0. The van der Waals surface area contributed by atoms with E-state index in [2.05, 4.69) is 12.3 Å². The molecule has 0 aromatic carbocycles. The average Bonchev–Trinajstić information content (AvgIpc) is 1.37. The molecule has 0 rings (SSSR count). The monoisotopic (exact) mass is 154 g/mol. The van der Waals surface area contributed by atoms with E-state index in [1.165, 1.54) is 0 Å². The van der Waals surface area contributed by atoms with Crippen LogP contribution in [0.2, 0.25) is 0 Å². The van der Waals surface area contributed by atoms with Gasteiger partial charge in [-0.15, -0.1) is 35.0 Å². The topological polar surface area (TPSA) is 0 Å². The summed E-state index contributed by atoms with van der Waals surface area (Å²) in [5, 5.41) is 0. The van der Waals surface area contributed by atoms with Crippen molar-refractivity contribution in [3.8, 4) is 12.3 Å². The number of terminal acetylenes is 1. The molecular formula is C3H4BrCl. The van der Waals surface area contributed by atoms with Crippen molar-refractivity contribution in [1.82, 2.24) is 0 Å². The lowest BCUT2D eigenvalue weighted by molar-refractivity contribution is 1.94. The summed E-state index contributed by atoms with van der Waals surface area (Å²) in [7, 11) is 0. The largest absolute Gasteiger partial charge is 0.119 e. The van der Waals surface area contributed by atoms with Crippen LogP contribution in [0.4, 0.5) is 0 Å². The lowest BCUT2D eigenvalue weighted by Crippen LogP contribution is -1.47. The predicted octanol–water partition coefficient (Wildman–Crippen LogP) is 1.44. The standard InChI is InChI=1S/C3H3Cl.BrH/c1-2-3-4;/h1H,3H2;1H.